The van der Waals surface area contributed by atoms with Crippen LogP contribution < -0.4 is 5.32 Å². The van der Waals surface area contributed by atoms with E-state index in [9.17, 15) is 18.0 Å². The molecule has 1 saturated heterocycles. The number of hydrogen-bond donors (Lipinski definition) is 1. The topological polar surface area (TPSA) is 61.1 Å². The highest BCUT2D eigenvalue weighted by Crippen LogP contribution is 2.44. The molecule has 1 aliphatic carbocycles. The number of guanidine groups is 1. The van der Waals surface area contributed by atoms with E-state index in [1.807, 2.05) is 0 Å². The molecule has 1 aromatic carbocycles. The highest BCUT2D eigenvalue weighted by molar-refractivity contribution is 5.91. The molecule has 2 heterocycles. The van der Waals surface area contributed by atoms with Crippen molar-refractivity contribution in [1.82, 2.24) is 15.1 Å². The minimum absolute atomic E-state index is 0.129. The number of aliphatic imine (C=N–C) groups is 1. The molecule has 1 aromatic heterocycles. The van der Waals surface area contributed by atoms with E-state index in [0.29, 0.717) is 44.4 Å². The number of piperazine rings is 1. The Morgan fingerprint density at radius 1 is 1.12 bits per heavy atom. The first-order valence-corrected chi connectivity index (χ1v) is 10.8. The second kappa shape index (κ2) is 8.88. The van der Waals surface area contributed by atoms with Gasteiger partial charge in [-0.2, -0.15) is 13.2 Å². The normalized spacial score (nSPS) is 18.9. The van der Waals surface area contributed by atoms with Crippen molar-refractivity contribution in [2.45, 2.75) is 30.9 Å². The van der Waals surface area contributed by atoms with Crippen molar-refractivity contribution in [2.24, 2.45) is 4.99 Å². The number of alkyl halides is 3. The Balaban J connectivity index is 1.38. The Morgan fingerprint density at radius 2 is 1.84 bits per heavy atom. The first-order chi connectivity index (χ1) is 15.3. The van der Waals surface area contributed by atoms with E-state index in [2.05, 4.69) is 15.2 Å². The summed E-state index contributed by atoms with van der Waals surface area (Å²) in [6, 6.07) is 9.02. The lowest BCUT2D eigenvalue weighted by atomic mass is 9.64. The molecule has 0 bridgehead atoms. The molecule has 9 heteroatoms. The third-order valence-electron chi connectivity index (χ3n) is 6.51. The molecule has 2 aliphatic rings. The fourth-order valence-electron chi connectivity index (χ4n) is 4.45. The second-order valence-corrected chi connectivity index (χ2v) is 8.37. The molecule has 2 aromatic rings. The van der Waals surface area contributed by atoms with Gasteiger partial charge in [-0.25, -0.2) is 0 Å². The molecule has 0 spiro atoms. The smallest absolute Gasteiger partial charge is 0.416 e. The number of nitrogens with one attached hydrogen (secondary N) is 1. The van der Waals surface area contributed by atoms with E-state index in [0.717, 1.165) is 30.9 Å². The predicted molar refractivity (Wildman–Crippen MR) is 115 cm³/mol. The van der Waals surface area contributed by atoms with Gasteiger partial charge in [0.05, 0.1) is 11.8 Å². The number of benzene rings is 1. The SMILES string of the molecule is CN=C(NCC1(c2cccc(C(F)(F)F)c2)CCC1)N1CCN(C(=O)c2ccco2)CC1. The van der Waals surface area contributed by atoms with Gasteiger partial charge in [0.15, 0.2) is 11.7 Å². The number of amides is 1. The van der Waals surface area contributed by atoms with E-state index in [1.54, 1.807) is 30.1 Å². The second-order valence-electron chi connectivity index (χ2n) is 8.37. The van der Waals surface area contributed by atoms with E-state index >= 15 is 0 Å². The zero-order valence-electron chi connectivity index (χ0n) is 18.0. The first kappa shape index (κ1) is 22.2. The third kappa shape index (κ3) is 4.47. The van der Waals surface area contributed by atoms with E-state index in [-0.39, 0.29) is 11.3 Å². The number of carbonyl (C=O) groups excluding carboxylic acids is 1. The number of halogens is 3. The molecule has 1 N–H and O–H groups in total. The predicted octanol–water partition coefficient (Wildman–Crippen LogP) is 3.75. The summed E-state index contributed by atoms with van der Waals surface area (Å²) in [5.41, 5.74) is -0.215. The van der Waals surface area contributed by atoms with Crippen LogP contribution in [0.2, 0.25) is 0 Å². The fourth-order valence-corrected chi connectivity index (χ4v) is 4.45. The van der Waals surface area contributed by atoms with Crippen LogP contribution in [0.25, 0.3) is 0 Å². The van der Waals surface area contributed by atoms with Crippen molar-refractivity contribution in [3.8, 4) is 0 Å². The van der Waals surface area contributed by atoms with Crippen LogP contribution in [0.15, 0.2) is 52.1 Å². The maximum atomic E-state index is 13.2. The van der Waals surface area contributed by atoms with Gasteiger partial charge in [0.2, 0.25) is 0 Å². The minimum Gasteiger partial charge on any atom is -0.459 e. The van der Waals surface area contributed by atoms with Crippen LogP contribution >= 0.6 is 0 Å². The van der Waals surface area contributed by atoms with Gasteiger partial charge in [0.25, 0.3) is 5.91 Å². The average Bonchev–Trinajstić information content (AvgIpc) is 3.30. The van der Waals surface area contributed by atoms with Gasteiger partial charge in [-0.3, -0.25) is 9.79 Å². The van der Waals surface area contributed by atoms with Gasteiger partial charge in [-0.15, -0.1) is 0 Å². The summed E-state index contributed by atoms with van der Waals surface area (Å²) in [6.07, 6.45) is -0.204. The molecule has 1 saturated carbocycles. The summed E-state index contributed by atoms with van der Waals surface area (Å²) in [5.74, 6) is 0.901. The van der Waals surface area contributed by atoms with E-state index < -0.39 is 11.7 Å². The zero-order valence-corrected chi connectivity index (χ0v) is 18.0. The highest BCUT2D eigenvalue weighted by Gasteiger charge is 2.41. The van der Waals surface area contributed by atoms with Gasteiger partial charge >= 0.3 is 6.18 Å². The summed E-state index contributed by atoms with van der Waals surface area (Å²) >= 11 is 0. The maximum absolute atomic E-state index is 13.2. The van der Waals surface area contributed by atoms with Gasteiger partial charge in [0, 0.05) is 45.2 Å². The average molecular weight is 448 g/mol. The summed E-state index contributed by atoms with van der Waals surface area (Å²) < 4.78 is 44.8. The lowest BCUT2D eigenvalue weighted by molar-refractivity contribution is -0.137. The minimum atomic E-state index is -4.35. The van der Waals surface area contributed by atoms with Gasteiger partial charge in [-0.1, -0.05) is 24.6 Å². The quantitative estimate of drug-likeness (QED) is 0.572. The Morgan fingerprint density at radius 3 is 2.41 bits per heavy atom. The molecule has 6 nitrogen and oxygen atoms in total. The molecule has 0 atom stereocenters. The molecule has 172 valence electrons. The Bertz CT molecular complexity index is 960. The standard InChI is InChI=1S/C23H27F3N4O2/c1-27-21(30-12-10-29(11-13-30)20(31)19-7-3-14-32-19)28-16-22(8-4-9-22)17-5-2-6-18(15-17)23(24,25)26/h2-3,5-7,14-15H,4,8-13,16H2,1H3,(H,27,28). The van der Waals surface area contributed by atoms with Crippen LogP contribution in [0.4, 0.5) is 13.2 Å². The van der Waals surface area contributed by atoms with Gasteiger partial charge in [0.1, 0.15) is 0 Å². The highest BCUT2D eigenvalue weighted by atomic mass is 19.4. The number of carbonyl (C=O) groups is 1. The molecule has 0 radical (unpaired) electrons. The lowest BCUT2D eigenvalue weighted by Gasteiger charge is -2.44. The maximum Gasteiger partial charge on any atom is 0.416 e. The summed E-state index contributed by atoms with van der Waals surface area (Å²) in [7, 11) is 1.69. The van der Waals surface area contributed by atoms with Crippen molar-refractivity contribution in [3.05, 3.63) is 59.5 Å². The number of nitrogens with zero attached hydrogens (tertiary/aromatic N) is 3. The van der Waals surface area contributed by atoms with Gasteiger partial charge in [-0.05, 0) is 36.6 Å². The Hall–Kier alpha value is -2.97. The Labute approximate surface area is 185 Å². The van der Waals surface area contributed by atoms with E-state index in [1.165, 1.54) is 18.4 Å². The van der Waals surface area contributed by atoms with Crippen LogP contribution in [0, 0.1) is 0 Å². The van der Waals surface area contributed by atoms with Crippen LogP contribution in [0.5, 0.6) is 0 Å². The van der Waals surface area contributed by atoms with Crippen LogP contribution in [0.1, 0.15) is 40.9 Å². The number of furan rings is 1. The van der Waals surface area contributed by atoms with E-state index in [4.69, 9.17) is 4.42 Å². The summed E-state index contributed by atoms with van der Waals surface area (Å²) in [6.45, 7) is 2.83. The van der Waals surface area contributed by atoms with Crippen molar-refractivity contribution in [3.63, 3.8) is 0 Å². The van der Waals surface area contributed by atoms with Crippen LogP contribution in [-0.4, -0.2) is 61.4 Å². The summed E-state index contributed by atoms with van der Waals surface area (Å²) in [4.78, 5) is 20.6. The van der Waals surface area contributed by atoms with Crippen molar-refractivity contribution in [1.29, 1.82) is 0 Å². The lowest BCUT2D eigenvalue weighted by Crippen LogP contribution is -2.56. The molecular formula is C23H27F3N4O2. The summed E-state index contributed by atoms with van der Waals surface area (Å²) in [5, 5.41) is 3.38. The first-order valence-electron chi connectivity index (χ1n) is 10.8. The molecule has 1 aliphatic heterocycles. The molecule has 4 rings (SSSR count). The molecule has 0 unspecified atom stereocenters. The molecule has 2 fully saturated rings. The fraction of sp³-hybridized carbons (Fsp3) is 0.478. The largest absolute Gasteiger partial charge is 0.459 e. The monoisotopic (exact) mass is 448 g/mol. The number of hydrogen-bond acceptors (Lipinski definition) is 3. The van der Waals surface area contributed by atoms with Crippen molar-refractivity contribution < 1.29 is 22.4 Å². The third-order valence-corrected chi connectivity index (χ3v) is 6.51. The van der Waals surface area contributed by atoms with Crippen molar-refractivity contribution >= 4 is 11.9 Å². The Kier molecular flexibility index (Phi) is 6.17. The molecule has 1 amide bonds. The van der Waals surface area contributed by atoms with Crippen LogP contribution in [-0.2, 0) is 11.6 Å². The molecular weight excluding hydrogens is 421 g/mol. The molecule has 32 heavy (non-hydrogen) atoms. The zero-order chi connectivity index (χ0) is 22.8. The van der Waals surface area contributed by atoms with Crippen LogP contribution in [0.3, 0.4) is 0 Å². The van der Waals surface area contributed by atoms with Crippen molar-refractivity contribution in [2.75, 3.05) is 39.8 Å². The van der Waals surface area contributed by atoms with Gasteiger partial charge < -0.3 is 19.5 Å². The number of rotatable bonds is 4.